The maximum Gasteiger partial charge on any atom is 0.255 e. The van der Waals surface area contributed by atoms with Crippen LogP contribution < -0.4 is 10.6 Å². The summed E-state index contributed by atoms with van der Waals surface area (Å²) >= 11 is 0. The number of aromatic nitrogens is 4. The molecule has 1 unspecified atom stereocenters. The molecule has 3 aromatic rings. The van der Waals surface area contributed by atoms with Crippen molar-refractivity contribution in [3.63, 3.8) is 0 Å². The van der Waals surface area contributed by atoms with Crippen LogP contribution in [0.25, 0.3) is 16.9 Å². The summed E-state index contributed by atoms with van der Waals surface area (Å²) in [4.78, 5) is 32.1. The van der Waals surface area contributed by atoms with Gasteiger partial charge in [0.25, 0.3) is 5.91 Å². The standard InChI is InChI=1S/C31H40FN7O7/c1-31(2,46-14-13-45-12-11-44-10-9-43-8-7-42-6-5-40)27(32)21-36-30(41)25-20-34-28(16-26(25)38-24-3-4-24)39-29-23(19-37-39)15-22(17-33)18-35-29/h5,15-16,18-20,24,27H,3-4,6-14,21H2,1-2H3,(H,34,38)(H,36,41). The highest BCUT2D eigenvalue weighted by Crippen LogP contribution is 2.28. The van der Waals surface area contributed by atoms with Crippen molar-refractivity contribution in [2.24, 2.45) is 0 Å². The first-order chi connectivity index (χ1) is 22.3. The van der Waals surface area contributed by atoms with Gasteiger partial charge in [0, 0.05) is 29.9 Å². The van der Waals surface area contributed by atoms with Crippen LogP contribution >= 0.6 is 0 Å². The van der Waals surface area contributed by atoms with E-state index in [2.05, 4.69) is 31.8 Å². The van der Waals surface area contributed by atoms with Gasteiger partial charge in [0.1, 0.15) is 25.1 Å². The number of rotatable bonds is 22. The van der Waals surface area contributed by atoms with Crippen molar-refractivity contribution in [1.82, 2.24) is 25.1 Å². The van der Waals surface area contributed by atoms with Crippen LogP contribution in [0.15, 0.2) is 30.7 Å². The Kier molecular flexibility index (Phi) is 13.3. The Morgan fingerprint density at radius 2 is 1.72 bits per heavy atom. The van der Waals surface area contributed by atoms with Gasteiger partial charge in [-0.2, -0.15) is 15.0 Å². The van der Waals surface area contributed by atoms with Crippen LogP contribution in [0.1, 0.15) is 42.6 Å². The van der Waals surface area contributed by atoms with Crippen molar-refractivity contribution in [2.45, 2.75) is 44.5 Å². The molecule has 1 atom stereocenters. The first-order valence-corrected chi connectivity index (χ1v) is 15.1. The lowest BCUT2D eigenvalue weighted by molar-refractivity contribution is -0.112. The van der Waals surface area contributed by atoms with Crippen LogP contribution in [0.5, 0.6) is 0 Å². The van der Waals surface area contributed by atoms with Crippen LogP contribution in [0.2, 0.25) is 0 Å². The Morgan fingerprint density at radius 3 is 2.37 bits per heavy atom. The quantitative estimate of drug-likeness (QED) is 0.121. The summed E-state index contributed by atoms with van der Waals surface area (Å²) in [7, 11) is 0. The van der Waals surface area contributed by atoms with Crippen molar-refractivity contribution in [2.75, 3.05) is 71.3 Å². The molecule has 0 aliphatic heterocycles. The predicted molar refractivity (Wildman–Crippen MR) is 165 cm³/mol. The average molecular weight is 642 g/mol. The number of nitrogens with zero attached hydrogens (tertiary/aromatic N) is 5. The van der Waals surface area contributed by atoms with E-state index in [1.165, 1.54) is 12.4 Å². The molecule has 248 valence electrons. The van der Waals surface area contributed by atoms with E-state index in [1.807, 2.05) is 0 Å². The number of anilines is 1. The number of nitriles is 1. The molecule has 3 heterocycles. The van der Waals surface area contributed by atoms with Gasteiger partial charge in [0.2, 0.25) is 0 Å². The number of ether oxygens (including phenoxy) is 5. The van der Waals surface area contributed by atoms with Gasteiger partial charge in [0.05, 0.1) is 88.0 Å². The van der Waals surface area contributed by atoms with Gasteiger partial charge in [-0.15, -0.1) is 0 Å². The lowest BCUT2D eigenvalue weighted by Gasteiger charge is -2.29. The first kappa shape index (κ1) is 34.8. The zero-order chi connectivity index (χ0) is 32.8. The highest BCUT2D eigenvalue weighted by atomic mass is 19.1. The Hall–Kier alpha value is -4.07. The van der Waals surface area contributed by atoms with Crippen LogP contribution in [0.3, 0.4) is 0 Å². The maximum atomic E-state index is 15.2. The molecule has 4 rings (SSSR count). The van der Waals surface area contributed by atoms with Crippen molar-refractivity contribution < 1.29 is 37.7 Å². The molecule has 0 aromatic carbocycles. The van der Waals surface area contributed by atoms with Crippen molar-refractivity contribution in [3.8, 4) is 11.9 Å². The van der Waals surface area contributed by atoms with E-state index in [0.717, 1.165) is 12.8 Å². The predicted octanol–water partition coefficient (Wildman–Crippen LogP) is 2.39. The van der Waals surface area contributed by atoms with Gasteiger partial charge >= 0.3 is 0 Å². The number of amides is 1. The summed E-state index contributed by atoms with van der Waals surface area (Å²) in [6.07, 6.45) is 5.65. The second-order valence-corrected chi connectivity index (χ2v) is 11.0. The van der Waals surface area contributed by atoms with E-state index >= 15 is 4.39 Å². The Morgan fingerprint density at radius 1 is 1.04 bits per heavy atom. The van der Waals surface area contributed by atoms with E-state index in [0.29, 0.717) is 74.0 Å². The van der Waals surface area contributed by atoms with Crippen LogP contribution in [0, 0.1) is 11.3 Å². The van der Waals surface area contributed by atoms with Gasteiger partial charge in [-0.05, 0) is 32.8 Å². The molecule has 1 amide bonds. The number of hydrogen-bond donors (Lipinski definition) is 2. The Labute approximate surface area is 266 Å². The summed E-state index contributed by atoms with van der Waals surface area (Å²) < 4.78 is 43.6. The normalized spacial score (nSPS) is 13.8. The highest BCUT2D eigenvalue weighted by Gasteiger charge is 2.31. The van der Waals surface area contributed by atoms with Crippen LogP contribution in [0.4, 0.5) is 10.1 Å². The molecule has 0 radical (unpaired) electrons. The SMILES string of the molecule is CC(C)(OCCOCCOCCOCCOCC=O)C(F)CNC(=O)c1cnc(-n2ncc3cc(C#N)cnc32)cc1NC1CC1. The van der Waals surface area contributed by atoms with Gasteiger partial charge in [-0.1, -0.05) is 0 Å². The summed E-state index contributed by atoms with van der Waals surface area (Å²) in [5.74, 6) is -0.0236. The molecular weight excluding hydrogens is 601 g/mol. The number of carbonyl (C=O) groups excluding carboxylic acids is 2. The Bertz CT molecular complexity index is 1480. The van der Waals surface area contributed by atoms with E-state index < -0.39 is 17.7 Å². The van der Waals surface area contributed by atoms with E-state index in [-0.39, 0.29) is 38.0 Å². The number of carbonyl (C=O) groups is 2. The number of halogens is 1. The lowest BCUT2D eigenvalue weighted by Crippen LogP contribution is -2.44. The minimum absolute atomic E-state index is 0.0613. The van der Waals surface area contributed by atoms with Gasteiger partial charge in [-0.25, -0.2) is 14.4 Å². The molecule has 0 bridgehead atoms. The summed E-state index contributed by atoms with van der Waals surface area (Å²) in [6, 6.07) is 5.71. The largest absolute Gasteiger partial charge is 0.382 e. The zero-order valence-electron chi connectivity index (χ0n) is 26.1. The minimum Gasteiger partial charge on any atom is -0.382 e. The fourth-order valence-electron chi connectivity index (χ4n) is 4.23. The number of nitrogens with one attached hydrogen (secondary N) is 2. The molecule has 14 nitrogen and oxygen atoms in total. The Balaban J connectivity index is 1.19. The van der Waals surface area contributed by atoms with Crippen LogP contribution in [-0.4, -0.2) is 116 Å². The molecule has 1 aliphatic carbocycles. The summed E-state index contributed by atoms with van der Waals surface area (Å²) in [5, 5.41) is 20.2. The molecule has 2 N–H and O–H groups in total. The lowest BCUT2D eigenvalue weighted by atomic mass is 10.0. The number of fused-ring (bicyclic) bond motifs is 1. The molecule has 0 spiro atoms. The fraction of sp³-hybridized carbons (Fsp3) is 0.548. The fourth-order valence-corrected chi connectivity index (χ4v) is 4.23. The molecule has 0 saturated heterocycles. The molecule has 1 fully saturated rings. The van der Waals surface area contributed by atoms with E-state index in [4.69, 9.17) is 28.9 Å². The number of hydrogen-bond acceptors (Lipinski definition) is 12. The van der Waals surface area contributed by atoms with E-state index in [1.54, 1.807) is 36.9 Å². The molecule has 46 heavy (non-hydrogen) atoms. The number of pyridine rings is 2. The van der Waals surface area contributed by atoms with Gasteiger partial charge in [-0.3, -0.25) is 4.79 Å². The highest BCUT2D eigenvalue weighted by molar-refractivity contribution is 5.99. The summed E-state index contributed by atoms with van der Waals surface area (Å²) in [5.41, 5.74) is 0.620. The van der Waals surface area contributed by atoms with Crippen molar-refractivity contribution in [1.29, 1.82) is 5.26 Å². The smallest absolute Gasteiger partial charge is 0.255 e. The van der Waals surface area contributed by atoms with Crippen molar-refractivity contribution >= 4 is 28.9 Å². The molecule has 3 aromatic heterocycles. The maximum absolute atomic E-state index is 15.2. The number of aldehydes is 1. The number of alkyl halides is 1. The van der Waals surface area contributed by atoms with Gasteiger partial charge < -0.3 is 39.1 Å². The van der Waals surface area contributed by atoms with Crippen molar-refractivity contribution in [3.05, 3.63) is 41.9 Å². The molecule has 1 aliphatic rings. The monoisotopic (exact) mass is 641 g/mol. The third-order valence-corrected chi connectivity index (χ3v) is 7.03. The third-order valence-electron chi connectivity index (χ3n) is 7.03. The first-order valence-electron chi connectivity index (χ1n) is 15.1. The van der Waals surface area contributed by atoms with Gasteiger partial charge in [0.15, 0.2) is 11.5 Å². The summed E-state index contributed by atoms with van der Waals surface area (Å²) in [6.45, 7) is 5.73. The van der Waals surface area contributed by atoms with E-state index in [9.17, 15) is 9.59 Å². The minimum atomic E-state index is -1.49. The second kappa shape index (κ2) is 17.6. The topological polar surface area (TPSA) is 172 Å². The zero-order valence-corrected chi connectivity index (χ0v) is 26.1. The third kappa shape index (κ3) is 10.5. The molecular formula is C31H40FN7O7. The molecule has 1 saturated carbocycles. The average Bonchev–Trinajstić information content (AvgIpc) is 3.78. The second-order valence-electron chi connectivity index (χ2n) is 11.0. The van der Waals surface area contributed by atoms with Crippen LogP contribution in [-0.2, 0) is 28.5 Å². The molecule has 15 heteroatoms.